The van der Waals surface area contributed by atoms with Crippen LogP contribution in [-0.4, -0.2) is 25.4 Å². The van der Waals surface area contributed by atoms with Crippen LogP contribution in [-0.2, 0) is 22.3 Å². The zero-order valence-corrected chi connectivity index (χ0v) is 31.9. The minimum Gasteiger partial charge on any atom is -0.375 e. The van der Waals surface area contributed by atoms with E-state index in [1.54, 1.807) is 0 Å². The van der Waals surface area contributed by atoms with Gasteiger partial charge in [-0.1, -0.05) is 187 Å². The van der Waals surface area contributed by atoms with Crippen molar-refractivity contribution in [1.29, 1.82) is 0 Å². The van der Waals surface area contributed by atoms with Gasteiger partial charge in [-0.05, 0) is 57.3 Å². The Labute approximate surface area is 312 Å². The van der Waals surface area contributed by atoms with Crippen molar-refractivity contribution in [3.8, 4) is 43.1 Å². The lowest BCUT2D eigenvalue weighted by molar-refractivity contribution is -0.0781. The summed E-state index contributed by atoms with van der Waals surface area (Å²) in [5.41, 5.74) is 10.5. The summed E-state index contributed by atoms with van der Waals surface area (Å²) in [5, 5.41) is 0. The van der Waals surface area contributed by atoms with E-state index in [2.05, 4.69) is 123 Å². The first-order chi connectivity index (χ1) is 25.2. The van der Waals surface area contributed by atoms with Crippen molar-refractivity contribution in [3.05, 3.63) is 120 Å². The van der Waals surface area contributed by atoms with Crippen LogP contribution in [0.15, 0.2) is 109 Å². The molecule has 1 aliphatic carbocycles. The van der Waals surface area contributed by atoms with Gasteiger partial charge in [0.25, 0.3) is 0 Å². The summed E-state index contributed by atoms with van der Waals surface area (Å²) in [6.45, 7) is 6.21. The molecule has 0 saturated carbocycles. The Hall–Kier alpha value is -3.50. The first kappa shape index (κ1) is 37.3. The molecule has 4 aromatic carbocycles. The molecule has 1 aromatic heterocycles. The Morgan fingerprint density at radius 3 is 1.14 bits per heavy atom. The van der Waals surface area contributed by atoms with Crippen LogP contribution >= 0.6 is 11.3 Å². The highest BCUT2D eigenvalue weighted by Crippen LogP contribution is 2.47. The molecular formula is C48H58O2S. The highest BCUT2D eigenvalue weighted by molar-refractivity contribution is 7.19. The second-order valence-electron chi connectivity index (χ2n) is 14.4. The molecule has 268 valence electrons. The van der Waals surface area contributed by atoms with Crippen LogP contribution in [0.4, 0.5) is 0 Å². The van der Waals surface area contributed by atoms with Gasteiger partial charge in [0.15, 0.2) is 0 Å². The molecule has 0 aliphatic heterocycles. The van der Waals surface area contributed by atoms with Gasteiger partial charge in [-0.3, -0.25) is 0 Å². The summed E-state index contributed by atoms with van der Waals surface area (Å²) < 4.78 is 13.6. The molecule has 1 heterocycles. The standard InChI is InChI=1S/C48H58O2S/c1-3-5-7-9-11-19-33-49-45-35-43-44(36-46(45)50-34-20-12-10-8-6-4-2)48(42-31-27-40(28-32-42)38-23-17-14-18-24-38)51-47(43)41-29-25-39(26-30-41)37-21-15-13-16-22-37/h13-18,21-32,45-46H,3-12,19-20,33-36H2,1-2H3/t45-,46-/m0/s1. The highest BCUT2D eigenvalue weighted by Gasteiger charge is 2.35. The minimum absolute atomic E-state index is 0.0819. The van der Waals surface area contributed by atoms with E-state index in [4.69, 9.17) is 9.47 Å². The van der Waals surface area contributed by atoms with Crippen LogP contribution in [0.1, 0.15) is 102 Å². The number of unbranched alkanes of at least 4 members (excludes halogenated alkanes) is 10. The number of thiophene rings is 1. The van der Waals surface area contributed by atoms with Crippen molar-refractivity contribution in [3.63, 3.8) is 0 Å². The zero-order valence-electron chi connectivity index (χ0n) is 31.1. The molecule has 0 unspecified atom stereocenters. The predicted octanol–water partition coefficient (Wildman–Crippen LogP) is 14.0. The van der Waals surface area contributed by atoms with E-state index in [1.165, 1.54) is 118 Å². The van der Waals surface area contributed by atoms with Gasteiger partial charge < -0.3 is 9.47 Å². The monoisotopic (exact) mass is 698 g/mol. The molecule has 0 spiro atoms. The quantitative estimate of drug-likeness (QED) is 0.0753. The molecule has 0 saturated heterocycles. The van der Waals surface area contributed by atoms with E-state index in [9.17, 15) is 0 Å². The maximum Gasteiger partial charge on any atom is 0.0880 e. The summed E-state index contributed by atoms with van der Waals surface area (Å²) in [5.74, 6) is 0. The molecule has 51 heavy (non-hydrogen) atoms. The SMILES string of the molecule is CCCCCCCCO[C@H]1Cc2c(-c3ccc(-c4ccccc4)cc3)sc(-c3ccc(-c4ccccc4)cc3)c2C[C@@H]1OCCCCCCCC. The number of rotatable bonds is 20. The lowest BCUT2D eigenvalue weighted by atomic mass is 9.85. The van der Waals surface area contributed by atoms with E-state index < -0.39 is 0 Å². The van der Waals surface area contributed by atoms with Gasteiger partial charge in [-0.15, -0.1) is 11.3 Å². The number of hydrogen-bond donors (Lipinski definition) is 0. The Morgan fingerprint density at radius 2 is 0.745 bits per heavy atom. The van der Waals surface area contributed by atoms with Crippen LogP contribution in [0.2, 0.25) is 0 Å². The van der Waals surface area contributed by atoms with Crippen molar-refractivity contribution in [2.45, 2.75) is 116 Å². The summed E-state index contributed by atoms with van der Waals surface area (Å²) in [6.07, 6.45) is 17.3. The topological polar surface area (TPSA) is 18.5 Å². The third-order valence-corrected chi connectivity index (χ3v) is 11.9. The zero-order chi connectivity index (χ0) is 35.1. The lowest BCUT2D eigenvalue weighted by Crippen LogP contribution is -2.39. The van der Waals surface area contributed by atoms with E-state index >= 15 is 0 Å². The molecule has 5 aromatic rings. The Morgan fingerprint density at radius 1 is 0.412 bits per heavy atom. The number of benzene rings is 4. The van der Waals surface area contributed by atoms with Gasteiger partial charge in [0, 0.05) is 35.8 Å². The van der Waals surface area contributed by atoms with E-state index in [0.717, 1.165) is 38.9 Å². The number of ether oxygens (including phenoxy) is 2. The van der Waals surface area contributed by atoms with Crippen molar-refractivity contribution >= 4 is 11.3 Å². The third-order valence-electron chi connectivity index (χ3n) is 10.5. The molecule has 1 aliphatic rings. The molecule has 0 fully saturated rings. The van der Waals surface area contributed by atoms with E-state index in [0.29, 0.717) is 0 Å². The van der Waals surface area contributed by atoms with E-state index in [-0.39, 0.29) is 12.2 Å². The molecule has 2 atom stereocenters. The molecule has 6 rings (SSSR count). The third kappa shape index (κ3) is 10.3. The van der Waals surface area contributed by atoms with Crippen molar-refractivity contribution < 1.29 is 9.47 Å². The molecular weight excluding hydrogens is 641 g/mol. The fourth-order valence-electron chi connectivity index (χ4n) is 7.52. The summed E-state index contributed by atoms with van der Waals surface area (Å²) in [7, 11) is 0. The van der Waals surface area contributed by atoms with Crippen LogP contribution in [0, 0.1) is 0 Å². The van der Waals surface area contributed by atoms with Crippen LogP contribution in [0.5, 0.6) is 0 Å². The molecule has 3 heteroatoms. The van der Waals surface area contributed by atoms with Gasteiger partial charge >= 0.3 is 0 Å². The number of hydrogen-bond acceptors (Lipinski definition) is 3. The minimum atomic E-state index is 0.0819. The summed E-state index contributed by atoms with van der Waals surface area (Å²) >= 11 is 1.96. The molecule has 0 amide bonds. The Balaban J connectivity index is 1.28. The predicted molar refractivity (Wildman–Crippen MR) is 220 cm³/mol. The van der Waals surface area contributed by atoms with Gasteiger partial charge in [-0.2, -0.15) is 0 Å². The normalized spacial score (nSPS) is 15.6. The van der Waals surface area contributed by atoms with Gasteiger partial charge in [-0.25, -0.2) is 0 Å². The lowest BCUT2D eigenvalue weighted by Gasteiger charge is -2.33. The van der Waals surface area contributed by atoms with Crippen molar-refractivity contribution in [2.75, 3.05) is 13.2 Å². The molecule has 0 N–H and O–H groups in total. The van der Waals surface area contributed by atoms with Crippen LogP contribution in [0.3, 0.4) is 0 Å². The fourth-order valence-corrected chi connectivity index (χ4v) is 8.89. The number of fused-ring (bicyclic) bond motifs is 1. The van der Waals surface area contributed by atoms with Gasteiger partial charge in [0.1, 0.15) is 0 Å². The first-order valence-electron chi connectivity index (χ1n) is 19.9. The van der Waals surface area contributed by atoms with Gasteiger partial charge in [0.05, 0.1) is 12.2 Å². The fraction of sp³-hybridized carbons (Fsp3) is 0.417. The van der Waals surface area contributed by atoms with Crippen molar-refractivity contribution in [1.82, 2.24) is 0 Å². The first-order valence-corrected chi connectivity index (χ1v) is 20.8. The highest BCUT2D eigenvalue weighted by atomic mass is 32.1. The summed E-state index contributed by atoms with van der Waals surface area (Å²) in [4.78, 5) is 2.77. The van der Waals surface area contributed by atoms with Crippen LogP contribution in [0.25, 0.3) is 43.1 Å². The Bertz CT molecular complexity index is 1580. The largest absolute Gasteiger partial charge is 0.375 e. The van der Waals surface area contributed by atoms with Crippen LogP contribution < -0.4 is 0 Å². The second kappa shape index (κ2) is 19.9. The maximum absolute atomic E-state index is 6.80. The van der Waals surface area contributed by atoms with E-state index in [1.807, 2.05) is 11.3 Å². The Kier molecular flexibility index (Phi) is 14.6. The second-order valence-corrected chi connectivity index (χ2v) is 15.4. The van der Waals surface area contributed by atoms with Gasteiger partial charge in [0.2, 0.25) is 0 Å². The summed E-state index contributed by atoms with van der Waals surface area (Å²) in [6, 6.07) is 39.8. The smallest absolute Gasteiger partial charge is 0.0880 e. The average molecular weight is 699 g/mol. The molecule has 0 bridgehead atoms. The van der Waals surface area contributed by atoms with Crippen molar-refractivity contribution in [2.24, 2.45) is 0 Å². The molecule has 0 radical (unpaired) electrons. The average Bonchev–Trinajstić information content (AvgIpc) is 3.56. The molecule has 2 nitrogen and oxygen atoms in total. The maximum atomic E-state index is 6.80.